The molecule has 0 heterocycles. The first-order valence-electron chi connectivity index (χ1n) is 7.86. The predicted molar refractivity (Wildman–Crippen MR) is 89.7 cm³/mol. The van der Waals surface area contributed by atoms with E-state index in [1.807, 2.05) is 24.3 Å². The molecular weight excluding hydrogens is 262 g/mol. The van der Waals surface area contributed by atoms with Crippen molar-refractivity contribution in [2.45, 2.75) is 59.0 Å². The summed E-state index contributed by atoms with van der Waals surface area (Å²) in [7, 11) is 0. The third kappa shape index (κ3) is 5.38. The number of hydrogen-bond donors (Lipinski definition) is 3. The van der Waals surface area contributed by atoms with E-state index in [2.05, 4.69) is 50.6 Å². The second kappa shape index (κ2) is 8.03. The van der Waals surface area contributed by atoms with Gasteiger partial charge in [0.2, 0.25) is 0 Å². The van der Waals surface area contributed by atoms with E-state index in [0.717, 1.165) is 25.1 Å². The third-order valence-corrected chi connectivity index (χ3v) is 4.15. The zero-order valence-corrected chi connectivity index (χ0v) is 13.9. The number of carbonyl (C=O) groups is 1. The Morgan fingerprint density at radius 3 is 2.19 bits per heavy atom. The minimum absolute atomic E-state index is 0.145. The Morgan fingerprint density at radius 1 is 1.14 bits per heavy atom. The highest BCUT2D eigenvalue weighted by Crippen LogP contribution is 2.17. The lowest BCUT2D eigenvalue weighted by Crippen LogP contribution is -2.46. The average Bonchev–Trinajstić information content (AvgIpc) is 2.48. The van der Waals surface area contributed by atoms with Crippen LogP contribution in [-0.2, 0) is 0 Å². The van der Waals surface area contributed by atoms with Gasteiger partial charge in [-0.2, -0.15) is 0 Å². The molecule has 1 unspecified atom stereocenters. The van der Waals surface area contributed by atoms with E-state index < -0.39 is 0 Å². The van der Waals surface area contributed by atoms with Gasteiger partial charge >= 0.3 is 6.03 Å². The molecule has 1 aromatic carbocycles. The normalized spacial score (nSPS) is 12.8. The molecule has 0 saturated carbocycles. The van der Waals surface area contributed by atoms with Crippen LogP contribution in [0.4, 0.5) is 10.5 Å². The van der Waals surface area contributed by atoms with Crippen LogP contribution in [0.5, 0.6) is 0 Å². The average molecular weight is 291 g/mol. The molecule has 0 bridgehead atoms. The molecule has 0 fully saturated rings. The van der Waals surface area contributed by atoms with Gasteiger partial charge in [0.15, 0.2) is 0 Å². The summed E-state index contributed by atoms with van der Waals surface area (Å²) in [4.78, 5) is 12.0. The van der Waals surface area contributed by atoms with Crippen LogP contribution in [0.25, 0.3) is 0 Å². The Morgan fingerprint density at radius 2 is 1.71 bits per heavy atom. The Labute approximate surface area is 128 Å². The fraction of sp³-hybridized carbons (Fsp3) is 0.588. The highest BCUT2D eigenvalue weighted by atomic mass is 16.2. The van der Waals surface area contributed by atoms with E-state index in [9.17, 15) is 4.79 Å². The van der Waals surface area contributed by atoms with Crippen molar-refractivity contribution in [1.82, 2.24) is 10.6 Å². The number of urea groups is 1. The second-order valence-electron chi connectivity index (χ2n) is 5.75. The first-order chi connectivity index (χ1) is 9.94. The molecule has 0 aliphatic rings. The Balaban J connectivity index is 2.61. The lowest BCUT2D eigenvalue weighted by Gasteiger charge is -2.28. The number of rotatable bonds is 7. The van der Waals surface area contributed by atoms with Crippen LogP contribution in [0.2, 0.25) is 0 Å². The zero-order chi connectivity index (χ0) is 15.9. The smallest absolute Gasteiger partial charge is 0.319 e. The van der Waals surface area contributed by atoms with E-state index in [-0.39, 0.29) is 11.6 Å². The molecule has 0 aliphatic carbocycles. The highest BCUT2D eigenvalue weighted by Gasteiger charge is 2.21. The lowest BCUT2D eigenvalue weighted by molar-refractivity contribution is 0.236. The molecular formula is C17H29N3O. The molecule has 0 aliphatic heterocycles. The lowest BCUT2D eigenvalue weighted by atomic mass is 9.96. The SMILES string of the molecule is CCNC(C)c1ccc(NC(=O)NC(C)(CC)CC)cc1. The van der Waals surface area contributed by atoms with Crippen molar-refractivity contribution in [2.24, 2.45) is 0 Å². The van der Waals surface area contributed by atoms with Gasteiger partial charge in [-0.3, -0.25) is 0 Å². The number of hydrogen-bond acceptors (Lipinski definition) is 2. The van der Waals surface area contributed by atoms with Gasteiger partial charge in [-0.15, -0.1) is 0 Å². The molecule has 0 spiro atoms. The molecule has 2 amide bonds. The van der Waals surface area contributed by atoms with Gasteiger partial charge in [-0.1, -0.05) is 32.9 Å². The number of anilines is 1. The molecule has 4 heteroatoms. The maximum absolute atomic E-state index is 12.0. The van der Waals surface area contributed by atoms with Crippen molar-refractivity contribution in [3.05, 3.63) is 29.8 Å². The summed E-state index contributed by atoms with van der Waals surface area (Å²) in [5, 5.41) is 9.30. The minimum Gasteiger partial charge on any atom is -0.333 e. The van der Waals surface area contributed by atoms with Gasteiger partial charge in [0.1, 0.15) is 0 Å². The molecule has 1 atom stereocenters. The molecule has 4 nitrogen and oxygen atoms in total. The van der Waals surface area contributed by atoms with Gasteiger partial charge in [0.25, 0.3) is 0 Å². The van der Waals surface area contributed by atoms with Crippen molar-refractivity contribution in [3.8, 4) is 0 Å². The maximum atomic E-state index is 12.0. The standard InChI is InChI=1S/C17H29N3O/c1-6-17(5,7-2)20-16(21)19-15-11-9-14(10-12-15)13(4)18-8-3/h9-13,18H,6-8H2,1-5H3,(H2,19,20,21). The van der Waals surface area contributed by atoms with E-state index in [4.69, 9.17) is 0 Å². The molecule has 0 saturated heterocycles. The summed E-state index contributed by atoms with van der Waals surface area (Å²) in [6.45, 7) is 11.4. The quantitative estimate of drug-likeness (QED) is 0.709. The zero-order valence-electron chi connectivity index (χ0n) is 13.9. The van der Waals surface area contributed by atoms with Gasteiger partial charge in [0.05, 0.1) is 0 Å². The van der Waals surface area contributed by atoms with Crippen molar-refractivity contribution in [1.29, 1.82) is 0 Å². The van der Waals surface area contributed by atoms with Gasteiger partial charge < -0.3 is 16.0 Å². The van der Waals surface area contributed by atoms with Crippen LogP contribution in [0.15, 0.2) is 24.3 Å². The topological polar surface area (TPSA) is 53.2 Å². The van der Waals surface area contributed by atoms with Crippen molar-refractivity contribution in [2.75, 3.05) is 11.9 Å². The van der Waals surface area contributed by atoms with Crippen molar-refractivity contribution in [3.63, 3.8) is 0 Å². The van der Waals surface area contributed by atoms with Gasteiger partial charge in [0, 0.05) is 17.3 Å². The molecule has 0 radical (unpaired) electrons. The largest absolute Gasteiger partial charge is 0.333 e. The summed E-state index contributed by atoms with van der Waals surface area (Å²) < 4.78 is 0. The number of carbonyl (C=O) groups excluding carboxylic acids is 1. The summed E-state index contributed by atoms with van der Waals surface area (Å²) in [6, 6.07) is 8.15. The van der Waals surface area contributed by atoms with Gasteiger partial charge in [-0.25, -0.2) is 4.79 Å². The van der Waals surface area contributed by atoms with Crippen LogP contribution < -0.4 is 16.0 Å². The molecule has 21 heavy (non-hydrogen) atoms. The summed E-state index contributed by atoms with van der Waals surface area (Å²) in [5.41, 5.74) is 1.88. The fourth-order valence-electron chi connectivity index (χ4n) is 2.14. The van der Waals surface area contributed by atoms with Crippen LogP contribution in [0, 0.1) is 0 Å². The summed E-state index contributed by atoms with van der Waals surface area (Å²) >= 11 is 0. The molecule has 0 aromatic heterocycles. The Bertz CT molecular complexity index is 438. The van der Waals surface area contributed by atoms with Crippen molar-refractivity contribution < 1.29 is 4.79 Å². The van der Waals surface area contributed by atoms with Crippen LogP contribution >= 0.6 is 0 Å². The summed E-state index contributed by atoms with van der Waals surface area (Å²) in [6.07, 6.45) is 1.83. The van der Waals surface area contributed by atoms with Crippen LogP contribution in [0.1, 0.15) is 59.1 Å². The molecule has 118 valence electrons. The first-order valence-corrected chi connectivity index (χ1v) is 7.86. The second-order valence-corrected chi connectivity index (χ2v) is 5.75. The Kier molecular flexibility index (Phi) is 6.69. The molecule has 1 aromatic rings. The predicted octanol–water partition coefficient (Wildman–Crippen LogP) is 4.06. The highest BCUT2D eigenvalue weighted by molar-refractivity contribution is 5.89. The third-order valence-electron chi connectivity index (χ3n) is 4.15. The van der Waals surface area contributed by atoms with Crippen LogP contribution in [0.3, 0.4) is 0 Å². The van der Waals surface area contributed by atoms with Crippen molar-refractivity contribution >= 4 is 11.7 Å². The van der Waals surface area contributed by atoms with Gasteiger partial charge in [-0.05, 0) is 50.9 Å². The van der Waals surface area contributed by atoms with Crippen LogP contribution in [-0.4, -0.2) is 18.1 Å². The molecule has 3 N–H and O–H groups in total. The Hall–Kier alpha value is -1.55. The van der Waals surface area contributed by atoms with E-state index in [0.29, 0.717) is 6.04 Å². The molecule has 1 rings (SSSR count). The fourth-order valence-corrected chi connectivity index (χ4v) is 2.14. The van der Waals surface area contributed by atoms with E-state index in [1.165, 1.54) is 5.56 Å². The minimum atomic E-state index is -0.149. The first kappa shape index (κ1) is 17.5. The summed E-state index contributed by atoms with van der Waals surface area (Å²) in [5.74, 6) is 0. The number of nitrogens with one attached hydrogen (secondary N) is 3. The van der Waals surface area contributed by atoms with E-state index >= 15 is 0 Å². The van der Waals surface area contributed by atoms with E-state index in [1.54, 1.807) is 0 Å². The monoisotopic (exact) mass is 291 g/mol. The number of benzene rings is 1. The maximum Gasteiger partial charge on any atom is 0.319 e. The number of amides is 2.